The van der Waals surface area contributed by atoms with Crippen LogP contribution in [0.2, 0.25) is 0 Å². The van der Waals surface area contributed by atoms with Crippen molar-refractivity contribution in [2.45, 2.75) is 40.2 Å². The van der Waals surface area contributed by atoms with Gasteiger partial charge in [0.25, 0.3) is 0 Å². The minimum atomic E-state index is 0.167. The van der Waals surface area contributed by atoms with E-state index in [-0.39, 0.29) is 5.41 Å². The van der Waals surface area contributed by atoms with E-state index in [1.165, 1.54) is 0 Å². The number of aromatic nitrogens is 1. The summed E-state index contributed by atoms with van der Waals surface area (Å²) < 4.78 is 1.01. The van der Waals surface area contributed by atoms with Crippen molar-refractivity contribution in [2.75, 3.05) is 11.9 Å². The highest BCUT2D eigenvalue weighted by atomic mass is 79.9. The van der Waals surface area contributed by atoms with E-state index in [1.54, 1.807) is 0 Å². The normalized spacial score (nSPS) is 13.5. The standard InChI is InChI=1S/C13H22BrN3/c1-9-7-10(14)8-16-12(9)17-11(5-6-15)13(2,3)4/h7-8,11H,5-6,15H2,1-4H3,(H,16,17). The number of anilines is 1. The summed E-state index contributed by atoms with van der Waals surface area (Å²) in [4.78, 5) is 4.41. The molecule has 0 fully saturated rings. The first kappa shape index (κ1) is 14.5. The fraction of sp³-hybridized carbons (Fsp3) is 0.615. The van der Waals surface area contributed by atoms with Gasteiger partial charge in [-0.2, -0.15) is 0 Å². The van der Waals surface area contributed by atoms with Crippen LogP contribution in [0.4, 0.5) is 5.82 Å². The molecule has 0 bridgehead atoms. The second-order valence-corrected chi connectivity index (χ2v) is 6.38. The molecule has 0 saturated heterocycles. The third-order valence-electron chi connectivity index (χ3n) is 2.86. The van der Waals surface area contributed by atoms with Gasteiger partial charge in [0.2, 0.25) is 0 Å². The minimum Gasteiger partial charge on any atom is -0.367 e. The van der Waals surface area contributed by atoms with Gasteiger partial charge in [0, 0.05) is 16.7 Å². The van der Waals surface area contributed by atoms with Crippen LogP contribution < -0.4 is 11.1 Å². The van der Waals surface area contributed by atoms with Crippen molar-refractivity contribution in [1.82, 2.24) is 4.98 Å². The van der Waals surface area contributed by atoms with Gasteiger partial charge < -0.3 is 11.1 Å². The lowest BCUT2D eigenvalue weighted by atomic mass is 9.84. The molecule has 1 heterocycles. The number of pyridine rings is 1. The molecule has 1 aromatic rings. The van der Waals surface area contributed by atoms with Crippen molar-refractivity contribution in [3.63, 3.8) is 0 Å². The van der Waals surface area contributed by atoms with Crippen LogP contribution in [-0.4, -0.2) is 17.6 Å². The molecule has 1 aromatic heterocycles. The maximum Gasteiger partial charge on any atom is 0.129 e. The van der Waals surface area contributed by atoms with Gasteiger partial charge in [-0.15, -0.1) is 0 Å². The van der Waals surface area contributed by atoms with Gasteiger partial charge >= 0.3 is 0 Å². The van der Waals surface area contributed by atoms with Crippen LogP contribution in [0, 0.1) is 12.3 Å². The molecule has 96 valence electrons. The molecule has 1 unspecified atom stereocenters. The van der Waals surface area contributed by atoms with Crippen molar-refractivity contribution >= 4 is 21.7 Å². The molecule has 1 rings (SSSR count). The summed E-state index contributed by atoms with van der Waals surface area (Å²) in [5.41, 5.74) is 6.99. The first-order chi connectivity index (χ1) is 7.84. The quantitative estimate of drug-likeness (QED) is 0.896. The van der Waals surface area contributed by atoms with E-state index in [9.17, 15) is 0 Å². The number of nitrogens with zero attached hydrogens (tertiary/aromatic N) is 1. The summed E-state index contributed by atoms with van der Waals surface area (Å²) in [5.74, 6) is 0.946. The Labute approximate surface area is 112 Å². The molecule has 4 heteroatoms. The molecule has 3 nitrogen and oxygen atoms in total. The Morgan fingerprint density at radius 3 is 2.59 bits per heavy atom. The van der Waals surface area contributed by atoms with E-state index in [1.807, 2.05) is 6.20 Å². The Morgan fingerprint density at radius 2 is 2.12 bits per heavy atom. The average molecular weight is 300 g/mol. The Morgan fingerprint density at radius 1 is 1.47 bits per heavy atom. The molecular weight excluding hydrogens is 278 g/mol. The lowest BCUT2D eigenvalue weighted by Gasteiger charge is -2.32. The molecule has 0 aliphatic heterocycles. The number of aryl methyl sites for hydroxylation is 1. The molecule has 3 N–H and O–H groups in total. The van der Waals surface area contributed by atoms with Crippen LogP contribution in [0.15, 0.2) is 16.7 Å². The number of halogens is 1. The van der Waals surface area contributed by atoms with E-state index < -0.39 is 0 Å². The van der Waals surface area contributed by atoms with E-state index in [4.69, 9.17) is 5.73 Å². The van der Waals surface area contributed by atoms with E-state index >= 15 is 0 Å². The van der Waals surface area contributed by atoms with Gasteiger partial charge in [0.05, 0.1) is 0 Å². The van der Waals surface area contributed by atoms with Crippen LogP contribution in [0.3, 0.4) is 0 Å². The summed E-state index contributed by atoms with van der Waals surface area (Å²) >= 11 is 3.42. The Balaban J connectivity index is 2.86. The number of hydrogen-bond acceptors (Lipinski definition) is 3. The third kappa shape index (κ3) is 4.28. The maximum absolute atomic E-state index is 5.67. The Kier molecular flexibility index (Phi) is 4.95. The SMILES string of the molecule is Cc1cc(Br)cnc1NC(CCN)C(C)(C)C. The molecule has 0 aromatic carbocycles. The zero-order valence-electron chi connectivity index (χ0n) is 11.0. The Hall–Kier alpha value is -0.610. The zero-order chi connectivity index (χ0) is 13.1. The predicted molar refractivity (Wildman–Crippen MR) is 77.2 cm³/mol. The van der Waals surface area contributed by atoms with Crippen molar-refractivity contribution < 1.29 is 0 Å². The number of hydrogen-bond donors (Lipinski definition) is 2. The molecular formula is C13H22BrN3. The van der Waals surface area contributed by atoms with E-state index in [0.29, 0.717) is 12.6 Å². The van der Waals surface area contributed by atoms with Crippen LogP contribution >= 0.6 is 15.9 Å². The number of nitrogens with one attached hydrogen (secondary N) is 1. The molecule has 0 spiro atoms. The van der Waals surface area contributed by atoms with Crippen molar-refractivity contribution in [3.8, 4) is 0 Å². The lowest BCUT2D eigenvalue weighted by Crippen LogP contribution is -2.36. The van der Waals surface area contributed by atoms with Gasteiger partial charge in [-0.1, -0.05) is 20.8 Å². The largest absolute Gasteiger partial charge is 0.367 e. The maximum atomic E-state index is 5.67. The van der Waals surface area contributed by atoms with Gasteiger partial charge in [0.1, 0.15) is 5.82 Å². The molecule has 1 atom stereocenters. The Bertz CT molecular complexity index is 371. The van der Waals surface area contributed by atoms with Crippen molar-refractivity contribution in [1.29, 1.82) is 0 Å². The second-order valence-electron chi connectivity index (χ2n) is 5.46. The predicted octanol–water partition coefficient (Wildman–Crippen LogP) is 3.33. The highest BCUT2D eigenvalue weighted by Crippen LogP contribution is 2.26. The first-order valence-electron chi connectivity index (χ1n) is 5.93. The first-order valence-corrected chi connectivity index (χ1v) is 6.72. The lowest BCUT2D eigenvalue weighted by molar-refractivity contribution is 0.328. The van der Waals surface area contributed by atoms with Crippen LogP contribution in [0.1, 0.15) is 32.8 Å². The fourth-order valence-corrected chi connectivity index (χ4v) is 2.19. The summed E-state index contributed by atoms with van der Waals surface area (Å²) in [6, 6.07) is 2.40. The molecule has 0 aliphatic rings. The third-order valence-corrected chi connectivity index (χ3v) is 3.29. The van der Waals surface area contributed by atoms with Crippen LogP contribution in [0.5, 0.6) is 0 Å². The topological polar surface area (TPSA) is 50.9 Å². The monoisotopic (exact) mass is 299 g/mol. The fourth-order valence-electron chi connectivity index (χ4n) is 1.74. The number of nitrogens with two attached hydrogens (primary N) is 1. The molecule has 0 saturated carbocycles. The van der Waals surface area contributed by atoms with Gasteiger partial charge in [-0.25, -0.2) is 4.98 Å². The molecule has 0 aliphatic carbocycles. The van der Waals surface area contributed by atoms with Gasteiger partial charge in [-0.3, -0.25) is 0 Å². The highest BCUT2D eigenvalue weighted by molar-refractivity contribution is 9.10. The minimum absolute atomic E-state index is 0.167. The number of rotatable bonds is 4. The van der Waals surface area contributed by atoms with Crippen molar-refractivity contribution in [3.05, 3.63) is 22.3 Å². The molecule has 0 amide bonds. The second kappa shape index (κ2) is 5.83. The van der Waals surface area contributed by atoms with Gasteiger partial charge in [-0.05, 0) is 52.9 Å². The molecule has 0 radical (unpaired) electrons. The zero-order valence-corrected chi connectivity index (χ0v) is 12.6. The average Bonchev–Trinajstić information content (AvgIpc) is 2.19. The van der Waals surface area contributed by atoms with E-state index in [0.717, 1.165) is 22.3 Å². The smallest absolute Gasteiger partial charge is 0.129 e. The van der Waals surface area contributed by atoms with Crippen LogP contribution in [-0.2, 0) is 0 Å². The van der Waals surface area contributed by atoms with Crippen LogP contribution in [0.25, 0.3) is 0 Å². The summed E-state index contributed by atoms with van der Waals surface area (Å²) in [6.07, 6.45) is 2.76. The molecule has 17 heavy (non-hydrogen) atoms. The highest BCUT2D eigenvalue weighted by Gasteiger charge is 2.24. The summed E-state index contributed by atoms with van der Waals surface area (Å²) in [5, 5.41) is 3.50. The summed E-state index contributed by atoms with van der Waals surface area (Å²) in [7, 11) is 0. The van der Waals surface area contributed by atoms with E-state index in [2.05, 4.69) is 60.0 Å². The summed E-state index contributed by atoms with van der Waals surface area (Å²) in [6.45, 7) is 9.39. The van der Waals surface area contributed by atoms with Crippen molar-refractivity contribution in [2.24, 2.45) is 11.1 Å². The van der Waals surface area contributed by atoms with Gasteiger partial charge in [0.15, 0.2) is 0 Å².